The van der Waals surface area contributed by atoms with Crippen molar-refractivity contribution in [1.29, 1.82) is 0 Å². The summed E-state index contributed by atoms with van der Waals surface area (Å²) in [5.74, 6) is -4.96. The van der Waals surface area contributed by atoms with Gasteiger partial charge in [0.15, 0.2) is 5.75 Å². The second kappa shape index (κ2) is 10.1. The molecule has 1 amide bonds. The molecule has 39 heavy (non-hydrogen) atoms. The Morgan fingerprint density at radius 1 is 1.05 bits per heavy atom. The van der Waals surface area contributed by atoms with Gasteiger partial charge in [-0.15, -0.1) is 13.2 Å². The van der Waals surface area contributed by atoms with Crippen LogP contribution in [-0.2, 0) is 11.8 Å². The molecule has 2 N–H and O–H groups in total. The molecule has 0 spiro atoms. The number of hydrogen-bond donors (Lipinski definition) is 2. The summed E-state index contributed by atoms with van der Waals surface area (Å²) in [5.41, 5.74) is -0.672. The lowest BCUT2D eigenvalue weighted by molar-refractivity contribution is -0.274. The highest BCUT2D eigenvalue weighted by Crippen LogP contribution is 2.39. The van der Waals surface area contributed by atoms with Crippen LogP contribution in [0.2, 0.25) is 0 Å². The molecule has 0 aliphatic heterocycles. The van der Waals surface area contributed by atoms with E-state index in [1.54, 1.807) is 12.3 Å². The summed E-state index contributed by atoms with van der Waals surface area (Å²) >= 11 is 0. The highest BCUT2D eigenvalue weighted by molar-refractivity contribution is 6.10. The van der Waals surface area contributed by atoms with Gasteiger partial charge in [0, 0.05) is 35.9 Å². The number of ether oxygens (including phenoxy) is 1. The molecule has 0 saturated carbocycles. The average Bonchev–Trinajstić information content (AvgIpc) is 3.20. The Hall–Kier alpha value is -4.88. The molecule has 0 fully saturated rings. The molecule has 0 bridgehead atoms. The lowest BCUT2D eigenvalue weighted by atomic mass is 10.1. The maximum Gasteiger partial charge on any atom is 0.573 e. The van der Waals surface area contributed by atoms with Crippen LogP contribution in [0.25, 0.3) is 22.2 Å². The number of carbonyl (C=O) groups is 2. The summed E-state index contributed by atoms with van der Waals surface area (Å²) in [4.78, 5) is 32.1. The van der Waals surface area contributed by atoms with Crippen LogP contribution in [0, 0.1) is 0 Å². The number of alkyl halides is 6. The summed E-state index contributed by atoms with van der Waals surface area (Å²) in [6.07, 6.45) is -7.00. The quantitative estimate of drug-likeness (QED) is 0.163. The zero-order chi connectivity index (χ0) is 28.5. The number of hydrogen-bond acceptors (Lipinski definition) is 6. The minimum Gasteiger partial charge on any atom is -0.404 e. The van der Waals surface area contributed by atoms with E-state index in [0.29, 0.717) is 23.4 Å². The first-order valence-corrected chi connectivity index (χ1v) is 10.9. The first-order chi connectivity index (χ1) is 18.3. The summed E-state index contributed by atoms with van der Waals surface area (Å²) in [6.45, 7) is 3.17. The number of rotatable bonds is 7. The van der Waals surface area contributed by atoms with Crippen LogP contribution in [0.5, 0.6) is 5.75 Å². The van der Waals surface area contributed by atoms with E-state index in [0.717, 1.165) is 10.9 Å². The third-order valence-electron chi connectivity index (χ3n) is 5.37. The van der Waals surface area contributed by atoms with Crippen molar-refractivity contribution >= 4 is 39.9 Å². The SMILES string of the molecule is C=CC(=O)Nc1cc(Nc2nccc(-c3cn(C)c4ccccc34)n2)c(OC(F)(F)F)cc1C(=O)C(F)(F)F. The van der Waals surface area contributed by atoms with Gasteiger partial charge in [-0.2, -0.15) is 13.2 Å². The monoisotopic (exact) mass is 549 g/mol. The minimum absolute atomic E-state index is 0.221. The number of nitrogens with one attached hydrogen (secondary N) is 2. The van der Waals surface area contributed by atoms with Crippen molar-refractivity contribution in [1.82, 2.24) is 14.5 Å². The van der Waals surface area contributed by atoms with Crippen molar-refractivity contribution in [2.24, 2.45) is 7.05 Å². The van der Waals surface area contributed by atoms with Crippen LogP contribution in [0.15, 0.2) is 67.5 Å². The van der Waals surface area contributed by atoms with Crippen molar-refractivity contribution in [2.45, 2.75) is 12.5 Å². The number of aromatic nitrogens is 3. The molecule has 8 nitrogen and oxygen atoms in total. The Morgan fingerprint density at radius 2 is 1.77 bits per heavy atom. The number of benzene rings is 2. The maximum absolute atomic E-state index is 13.2. The van der Waals surface area contributed by atoms with Crippen LogP contribution < -0.4 is 15.4 Å². The van der Waals surface area contributed by atoms with E-state index in [-0.39, 0.29) is 12.0 Å². The third kappa shape index (κ3) is 6.00. The second-order valence-electron chi connectivity index (χ2n) is 8.02. The second-order valence-corrected chi connectivity index (χ2v) is 8.02. The Balaban J connectivity index is 1.83. The number of halogens is 6. The number of aryl methyl sites for hydroxylation is 1. The number of anilines is 3. The van der Waals surface area contributed by atoms with Crippen LogP contribution in [0.4, 0.5) is 43.7 Å². The molecule has 0 unspecified atom stereocenters. The van der Waals surface area contributed by atoms with E-state index in [1.165, 1.54) is 6.20 Å². The minimum atomic E-state index is -5.46. The smallest absolute Gasteiger partial charge is 0.404 e. The fourth-order valence-electron chi connectivity index (χ4n) is 3.75. The van der Waals surface area contributed by atoms with Gasteiger partial charge in [0.2, 0.25) is 11.9 Å². The van der Waals surface area contributed by atoms with Gasteiger partial charge in [-0.1, -0.05) is 24.8 Å². The van der Waals surface area contributed by atoms with Crippen molar-refractivity contribution < 1.29 is 40.7 Å². The number of para-hydroxylation sites is 1. The van der Waals surface area contributed by atoms with Gasteiger partial charge in [0.05, 0.1) is 22.6 Å². The normalized spacial score (nSPS) is 11.8. The number of fused-ring (bicyclic) bond motifs is 1. The van der Waals surface area contributed by atoms with Gasteiger partial charge >= 0.3 is 12.5 Å². The molecule has 2 aromatic carbocycles. The summed E-state index contributed by atoms with van der Waals surface area (Å²) in [6, 6.07) is 9.84. The number of carbonyl (C=O) groups excluding carboxylic acids is 2. The number of ketones is 1. The van der Waals surface area contributed by atoms with E-state index in [9.17, 15) is 35.9 Å². The molecule has 4 rings (SSSR count). The fourth-order valence-corrected chi connectivity index (χ4v) is 3.75. The highest BCUT2D eigenvalue weighted by Gasteiger charge is 2.42. The molecule has 0 aliphatic carbocycles. The van der Waals surface area contributed by atoms with E-state index in [4.69, 9.17) is 0 Å². The molecule has 14 heteroatoms. The molecule has 0 atom stereocenters. The molecule has 202 valence electrons. The number of Topliss-reactive ketones (excluding diaryl/α,β-unsaturated/α-hetero) is 1. The first kappa shape index (κ1) is 27.2. The largest absolute Gasteiger partial charge is 0.573 e. The van der Waals surface area contributed by atoms with Gasteiger partial charge in [-0.25, -0.2) is 9.97 Å². The number of amides is 1. The van der Waals surface area contributed by atoms with E-state index in [2.05, 4.69) is 26.6 Å². The predicted octanol–water partition coefficient (Wildman–Crippen LogP) is 6.15. The third-order valence-corrected chi connectivity index (χ3v) is 5.37. The molecular weight excluding hydrogens is 532 g/mol. The molecule has 4 aromatic rings. The maximum atomic E-state index is 13.2. The molecule has 0 radical (unpaired) electrons. The Kier molecular flexibility index (Phi) is 7.05. The van der Waals surface area contributed by atoms with Gasteiger partial charge < -0.3 is 19.9 Å². The van der Waals surface area contributed by atoms with Crippen molar-refractivity contribution in [2.75, 3.05) is 10.6 Å². The fraction of sp³-hybridized carbons (Fsp3) is 0.120. The predicted molar refractivity (Wildman–Crippen MR) is 130 cm³/mol. The molecule has 2 aromatic heterocycles. The summed E-state index contributed by atoms with van der Waals surface area (Å²) in [5, 5.41) is 5.29. The van der Waals surface area contributed by atoms with E-state index < -0.39 is 46.9 Å². The Labute approximate surface area is 215 Å². The lowest BCUT2D eigenvalue weighted by Crippen LogP contribution is -2.25. The zero-order valence-corrected chi connectivity index (χ0v) is 19.8. The van der Waals surface area contributed by atoms with Gasteiger partial charge in [0.25, 0.3) is 5.78 Å². The van der Waals surface area contributed by atoms with Crippen LogP contribution in [-0.4, -0.2) is 38.8 Å². The first-order valence-electron chi connectivity index (χ1n) is 10.9. The molecule has 2 heterocycles. The number of nitrogens with zero attached hydrogens (tertiary/aromatic N) is 3. The van der Waals surface area contributed by atoms with Crippen LogP contribution in [0.3, 0.4) is 0 Å². The summed E-state index contributed by atoms with van der Waals surface area (Å²) < 4.78 is 84.8. The van der Waals surface area contributed by atoms with Crippen LogP contribution >= 0.6 is 0 Å². The van der Waals surface area contributed by atoms with Crippen LogP contribution in [0.1, 0.15) is 10.4 Å². The van der Waals surface area contributed by atoms with Crippen molar-refractivity contribution in [3.63, 3.8) is 0 Å². The molecule has 0 aliphatic rings. The van der Waals surface area contributed by atoms with Gasteiger partial charge in [-0.3, -0.25) is 9.59 Å². The van der Waals surface area contributed by atoms with Crippen molar-refractivity contribution in [3.05, 3.63) is 73.1 Å². The lowest BCUT2D eigenvalue weighted by Gasteiger charge is -2.19. The average molecular weight is 549 g/mol. The zero-order valence-electron chi connectivity index (χ0n) is 19.8. The van der Waals surface area contributed by atoms with Crippen molar-refractivity contribution in [3.8, 4) is 17.0 Å². The van der Waals surface area contributed by atoms with Gasteiger partial charge in [0.1, 0.15) is 0 Å². The Bertz CT molecular complexity index is 1590. The highest BCUT2D eigenvalue weighted by atomic mass is 19.4. The molecular formula is C25H17F6N5O3. The van der Waals surface area contributed by atoms with Gasteiger partial charge in [-0.05, 0) is 30.3 Å². The van der Waals surface area contributed by atoms with E-state index in [1.807, 2.05) is 41.2 Å². The Morgan fingerprint density at radius 3 is 2.44 bits per heavy atom. The molecule has 0 saturated heterocycles. The standard InChI is InChI=1S/C25H17F6N5O3/c1-3-21(37)33-17-11-18(20(39-25(29,30)31)10-14(17)22(38)24(26,27)28)35-23-32-9-8-16(34-23)15-12-36(2)19-7-5-4-6-13(15)19/h3-12H,1H2,2H3,(H,33,37)(H,32,34,35). The summed E-state index contributed by atoms with van der Waals surface area (Å²) in [7, 11) is 1.82. The van der Waals surface area contributed by atoms with E-state index >= 15 is 0 Å². The topological polar surface area (TPSA) is 98.1 Å².